The van der Waals surface area contributed by atoms with E-state index in [1.54, 1.807) is 15.3 Å². The molecular formula is C22H18FN5O2S. The summed E-state index contributed by atoms with van der Waals surface area (Å²) in [5.41, 5.74) is 2.56. The molecule has 0 fully saturated rings. The Bertz CT molecular complexity index is 1380. The summed E-state index contributed by atoms with van der Waals surface area (Å²) in [6, 6.07) is 13.2. The zero-order valence-corrected chi connectivity index (χ0v) is 17.4. The molecule has 9 heteroatoms. The number of anilines is 1. The molecule has 0 spiro atoms. The highest BCUT2D eigenvalue weighted by molar-refractivity contribution is 7.99. The van der Waals surface area contributed by atoms with Gasteiger partial charge < -0.3 is 5.32 Å². The minimum absolute atomic E-state index is 0.0928. The monoisotopic (exact) mass is 435 g/mol. The van der Waals surface area contributed by atoms with Crippen molar-refractivity contribution in [2.75, 3.05) is 11.1 Å². The SMILES string of the molecule is Cc1ccccc1-n1ncc2c(=O)n3c(nc21)SCC3CC(=O)Nc1cccc(F)c1. The average Bonchev–Trinajstić information content (AvgIpc) is 3.33. The van der Waals surface area contributed by atoms with E-state index in [4.69, 9.17) is 4.98 Å². The zero-order chi connectivity index (χ0) is 21.5. The van der Waals surface area contributed by atoms with Crippen molar-refractivity contribution < 1.29 is 9.18 Å². The maximum absolute atomic E-state index is 13.4. The van der Waals surface area contributed by atoms with E-state index in [0.717, 1.165) is 11.3 Å². The number of hydrogen-bond acceptors (Lipinski definition) is 5. The van der Waals surface area contributed by atoms with Gasteiger partial charge in [0.2, 0.25) is 5.91 Å². The predicted molar refractivity (Wildman–Crippen MR) is 117 cm³/mol. The Morgan fingerprint density at radius 2 is 2.10 bits per heavy atom. The van der Waals surface area contributed by atoms with Gasteiger partial charge in [-0.25, -0.2) is 14.1 Å². The molecule has 0 bridgehead atoms. The van der Waals surface area contributed by atoms with Crippen molar-refractivity contribution in [2.24, 2.45) is 0 Å². The molecule has 1 unspecified atom stereocenters. The number of para-hydroxylation sites is 1. The standard InChI is InChI=1S/C22H18FN5O2S/c1-13-5-2-3-8-18(13)28-20-17(11-24-28)21(30)27-16(12-31-22(27)26-20)10-19(29)25-15-7-4-6-14(23)9-15/h2-9,11,16H,10,12H2,1H3,(H,25,29). The van der Waals surface area contributed by atoms with Gasteiger partial charge in [-0.2, -0.15) is 5.10 Å². The molecule has 5 rings (SSSR count). The van der Waals surface area contributed by atoms with Crippen LogP contribution in [0.5, 0.6) is 0 Å². The second-order valence-electron chi connectivity index (χ2n) is 7.38. The number of carbonyl (C=O) groups excluding carboxylic acids is 1. The smallest absolute Gasteiger partial charge is 0.265 e. The molecule has 1 atom stereocenters. The molecule has 2 aromatic heterocycles. The van der Waals surface area contributed by atoms with E-state index < -0.39 is 5.82 Å². The predicted octanol–water partition coefficient (Wildman–Crippen LogP) is 3.71. The number of halogens is 1. The fourth-order valence-corrected chi connectivity index (χ4v) is 4.88. The minimum atomic E-state index is -0.423. The lowest BCUT2D eigenvalue weighted by Crippen LogP contribution is -2.27. The van der Waals surface area contributed by atoms with E-state index in [1.807, 2.05) is 31.2 Å². The van der Waals surface area contributed by atoms with Crippen LogP contribution in [0.2, 0.25) is 0 Å². The number of nitrogens with zero attached hydrogens (tertiary/aromatic N) is 4. The molecule has 0 aliphatic carbocycles. The van der Waals surface area contributed by atoms with Crippen molar-refractivity contribution in [3.8, 4) is 5.69 Å². The first kappa shape index (κ1) is 19.5. The highest BCUT2D eigenvalue weighted by Crippen LogP contribution is 2.33. The molecule has 1 aliphatic heterocycles. The second kappa shape index (κ2) is 7.66. The third-order valence-corrected chi connectivity index (χ3v) is 6.34. The van der Waals surface area contributed by atoms with Crippen LogP contribution in [0.3, 0.4) is 0 Å². The van der Waals surface area contributed by atoms with Gasteiger partial charge in [-0.1, -0.05) is 36.0 Å². The molecule has 31 heavy (non-hydrogen) atoms. The summed E-state index contributed by atoms with van der Waals surface area (Å²) in [4.78, 5) is 30.4. The van der Waals surface area contributed by atoms with Crippen molar-refractivity contribution in [1.82, 2.24) is 19.3 Å². The van der Waals surface area contributed by atoms with Gasteiger partial charge in [-0.15, -0.1) is 0 Å². The lowest BCUT2D eigenvalue weighted by molar-refractivity contribution is -0.116. The molecule has 1 N–H and O–H groups in total. The maximum Gasteiger partial charge on any atom is 0.265 e. The highest BCUT2D eigenvalue weighted by atomic mass is 32.2. The van der Waals surface area contributed by atoms with Gasteiger partial charge in [0, 0.05) is 17.9 Å². The number of aryl methyl sites for hydroxylation is 1. The summed E-state index contributed by atoms with van der Waals surface area (Å²) in [6.07, 6.45) is 1.62. The molecule has 1 amide bonds. The Hall–Kier alpha value is -3.46. The number of carbonyl (C=O) groups is 1. The molecule has 0 saturated carbocycles. The molecule has 156 valence electrons. The minimum Gasteiger partial charge on any atom is -0.326 e. The summed E-state index contributed by atoms with van der Waals surface area (Å²) < 4.78 is 16.6. The van der Waals surface area contributed by atoms with Crippen molar-refractivity contribution in [1.29, 1.82) is 0 Å². The van der Waals surface area contributed by atoms with Crippen LogP contribution in [0.4, 0.5) is 10.1 Å². The van der Waals surface area contributed by atoms with Crippen LogP contribution in [0.1, 0.15) is 18.0 Å². The number of thioether (sulfide) groups is 1. The number of benzene rings is 2. The molecule has 3 heterocycles. The summed E-state index contributed by atoms with van der Waals surface area (Å²) in [7, 11) is 0. The second-order valence-corrected chi connectivity index (χ2v) is 8.36. The van der Waals surface area contributed by atoms with E-state index in [-0.39, 0.29) is 23.9 Å². The summed E-state index contributed by atoms with van der Waals surface area (Å²) in [5.74, 6) is -0.150. The molecule has 7 nitrogen and oxygen atoms in total. The van der Waals surface area contributed by atoms with Gasteiger partial charge in [-0.3, -0.25) is 14.2 Å². The lowest BCUT2D eigenvalue weighted by atomic mass is 10.2. The molecule has 2 aromatic carbocycles. The first-order valence-corrected chi connectivity index (χ1v) is 10.7. The maximum atomic E-state index is 13.4. The van der Waals surface area contributed by atoms with Gasteiger partial charge in [0.15, 0.2) is 10.8 Å². The number of hydrogen-bond donors (Lipinski definition) is 1. The van der Waals surface area contributed by atoms with E-state index in [1.165, 1.54) is 36.2 Å². The Morgan fingerprint density at radius 3 is 2.90 bits per heavy atom. The third-order valence-electron chi connectivity index (χ3n) is 5.24. The zero-order valence-electron chi connectivity index (χ0n) is 16.6. The van der Waals surface area contributed by atoms with Crippen molar-refractivity contribution >= 4 is 34.4 Å². The largest absolute Gasteiger partial charge is 0.326 e. The van der Waals surface area contributed by atoms with Crippen molar-refractivity contribution in [2.45, 2.75) is 24.5 Å². The Morgan fingerprint density at radius 1 is 1.26 bits per heavy atom. The summed E-state index contributed by atoms with van der Waals surface area (Å²) in [6.45, 7) is 1.98. The van der Waals surface area contributed by atoms with Crippen molar-refractivity contribution in [3.05, 3.63) is 76.5 Å². The Labute approximate surface area is 180 Å². The van der Waals surface area contributed by atoms with Crippen molar-refractivity contribution in [3.63, 3.8) is 0 Å². The van der Waals surface area contributed by atoms with Crippen LogP contribution in [-0.2, 0) is 4.79 Å². The van der Waals surface area contributed by atoms with Crippen LogP contribution in [0, 0.1) is 12.7 Å². The third kappa shape index (κ3) is 3.50. The molecule has 0 saturated heterocycles. The van der Waals surface area contributed by atoms with E-state index in [9.17, 15) is 14.0 Å². The number of nitrogens with one attached hydrogen (secondary N) is 1. The average molecular weight is 435 g/mol. The van der Waals surface area contributed by atoms with Crippen LogP contribution in [0.25, 0.3) is 16.7 Å². The van der Waals surface area contributed by atoms with E-state index in [2.05, 4.69) is 10.4 Å². The number of aromatic nitrogens is 4. The Kier molecular flexibility index (Phi) is 4.82. The van der Waals surface area contributed by atoms with Crippen LogP contribution in [-0.4, -0.2) is 31.0 Å². The molecule has 1 aliphatic rings. The first-order chi connectivity index (χ1) is 15.0. The number of rotatable bonds is 4. The van der Waals surface area contributed by atoms with Gasteiger partial charge in [0.1, 0.15) is 11.2 Å². The fourth-order valence-electron chi connectivity index (χ4n) is 3.75. The van der Waals surface area contributed by atoms with Crippen LogP contribution in [0.15, 0.2) is 64.7 Å². The molecule has 4 aromatic rings. The molecule has 0 radical (unpaired) electrons. The van der Waals surface area contributed by atoms with E-state index >= 15 is 0 Å². The van der Waals surface area contributed by atoms with Gasteiger partial charge in [0.05, 0.1) is 17.9 Å². The topological polar surface area (TPSA) is 81.8 Å². The van der Waals surface area contributed by atoms with Gasteiger partial charge in [0.25, 0.3) is 5.56 Å². The fraction of sp³-hybridized carbons (Fsp3) is 0.182. The molecular weight excluding hydrogens is 417 g/mol. The van der Waals surface area contributed by atoms with E-state index in [0.29, 0.717) is 27.6 Å². The number of fused-ring (bicyclic) bond motifs is 2. The summed E-state index contributed by atoms with van der Waals surface area (Å²) >= 11 is 1.44. The normalized spacial score (nSPS) is 15.2. The quantitative estimate of drug-likeness (QED) is 0.494. The highest BCUT2D eigenvalue weighted by Gasteiger charge is 2.29. The Balaban J connectivity index is 1.46. The van der Waals surface area contributed by atoms with Crippen LogP contribution >= 0.6 is 11.8 Å². The van der Waals surface area contributed by atoms with Gasteiger partial charge in [-0.05, 0) is 36.8 Å². The van der Waals surface area contributed by atoms with Gasteiger partial charge >= 0.3 is 0 Å². The lowest BCUT2D eigenvalue weighted by Gasteiger charge is -2.13. The summed E-state index contributed by atoms with van der Waals surface area (Å²) in [5, 5.41) is 8.06. The van der Waals surface area contributed by atoms with Crippen LogP contribution < -0.4 is 10.9 Å². The first-order valence-electron chi connectivity index (χ1n) is 9.76. The number of amides is 1.